The fourth-order valence-corrected chi connectivity index (χ4v) is 5.39. The van der Waals surface area contributed by atoms with Gasteiger partial charge < -0.3 is 75.4 Å². The van der Waals surface area contributed by atoms with Crippen LogP contribution in [0.5, 0.6) is 0 Å². The largest absolute Gasteiger partial charge is 0.477 e. The Hall–Kier alpha value is -2.56. The van der Waals surface area contributed by atoms with Gasteiger partial charge in [-0.3, -0.25) is 14.4 Å². The maximum absolute atomic E-state index is 12.3. The lowest BCUT2D eigenvalue weighted by molar-refractivity contribution is -0.342. The maximum atomic E-state index is 12.3. The lowest BCUT2D eigenvalue weighted by Gasteiger charge is -2.50. The van der Waals surface area contributed by atoms with Crippen LogP contribution in [0.2, 0.25) is 0 Å². The minimum absolute atomic E-state index is 0.227. The molecule has 1 unspecified atom stereocenters. The van der Waals surface area contributed by atoms with Crippen LogP contribution in [-0.2, 0) is 47.6 Å². The predicted octanol–water partition coefficient (Wildman–Crippen LogP) is -5.24. The Morgan fingerprint density at radius 1 is 1.09 bits per heavy atom. The molecule has 0 aromatic rings. The first-order valence-corrected chi connectivity index (χ1v) is 13.8. The van der Waals surface area contributed by atoms with Crippen LogP contribution >= 0.6 is 0 Å². The van der Waals surface area contributed by atoms with Crippen molar-refractivity contribution in [1.82, 2.24) is 10.6 Å². The summed E-state index contributed by atoms with van der Waals surface area (Å²) in [5, 5.41) is 66.1. The number of esters is 1. The minimum Gasteiger partial charge on any atom is -0.477 e. The van der Waals surface area contributed by atoms with Crippen molar-refractivity contribution in [3.63, 3.8) is 0 Å². The molecule has 0 saturated carbocycles. The Morgan fingerprint density at radius 2 is 1.75 bits per heavy atom. The van der Waals surface area contributed by atoms with E-state index in [1.54, 1.807) is 0 Å². The smallest absolute Gasteiger partial charge is 0.364 e. The molecular weight excluding hydrogens is 598 g/mol. The van der Waals surface area contributed by atoms with Gasteiger partial charge in [-0.1, -0.05) is 0 Å². The van der Waals surface area contributed by atoms with E-state index >= 15 is 0 Å². The van der Waals surface area contributed by atoms with Gasteiger partial charge in [0.1, 0.15) is 36.6 Å². The summed E-state index contributed by atoms with van der Waals surface area (Å²) < 4.78 is 34.0. The fraction of sp³-hybridized carbons (Fsp3) is 0.840. The highest BCUT2D eigenvalue weighted by molar-refractivity contribution is 5.75. The summed E-state index contributed by atoms with van der Waals surface area (Å²) in [7, 11) is 0. The van der Waals surface area contributed by atoms with Crippen molar-refractivity contribution in [3.8, 4) is 0 Å². The maximum Gasteiger partial charge on any atom is 0.364 e. The Balaban J connectivity index is 2.00. The van der Waals surface area contributed by atoms with Crippen molar-refractivity contribution >= 4 is 24.3 Å². The van der Waals surface area contributed by atoms with Crippen LogP contribution in [0.15, 0.2) is 0 Å². The average molecular weight is 640 g/mol. The molecule has 0 bridgehead atoms. The first-order valence-electron chi connectivity index (χ1n) is 13.8. The SMILES string of the molecule is CC(=O)N[C@H]1[C@H](O[C@@H]2CC(O)(C(=O)O)O[C@H]([C@H](NC=O)[C@H](C)O)[C@@H]2N)O[C@H](C)[C@H](OC(C)=O)[C@@H]1O[C@@H]1OC[C@@H](O)[C@H](O)[C@H]1O. The minimum atomic E-state index is -2.90. The zero-order valence-electron chi connectivity index (χ0n) is 24.4. The zero-order valence-corrected chi connectivity index (χ0v) is 24.4. The number of aliphatic hydroxyl groups is 5. The average Bonchev–Trinajstić information content (AvgIpc) is 2.92. The van der Waals surface area contributed by atoms with Crippen LogP contribution < -0.4 is 16.4 Å². The van der Waals surface area contributed by atoms with E-state index in [2.05, 4.69) is 10.6 Å². The Labute approximate surface area is 251 Å². The molecule has 0 aromatic carbocycles. The molecule has 15 atom stereocenters. The van der Waals surface area contributed by atoms with Gasteiger partial charge in [0.25, 0.3) is 5.79 Å². The highest BCUT2D eigenvalue weighted by Gasteiger charge is 2.56. The van der Waals surface area contributed by atoms with Crippen LogP contribution in [0.1, 0.15) is 34.1 Å². The molecule has 0 aliphatic carbocycles. The number of rotatable bonds is 11. The van der Waals surface area contributed by atoms with E-state index in [4.69, 9.17) is 34.2 Å². The third kappa shape index (κ3) is 7.98. The van der Waals surface area contributed by atoms with Gasteiger partial charge in [0.15, 0.2) is 18.7 Å². The number of hydrogen-bond acceptors (Lipinski definition) is 16. The molecule has 3 fully saturated rings. The Morgan fingerprint density at radius 3 is 2.30 bits per heavy atom. The van der Waals surface area contributed by atoms with Gasteiger partial charge in [-0.2, -0.15) is 0 Å². The number of carbonyl (C=O) groups is 4. The van der Waals surface area contributed by atoms with E-state index in [0.717, 1.165) is 13.8 Å². The number of aliphatic carboxylic acids is 1. The van der Waals surface area contributed by atoms with Crippen molar-refractivity contribution in [1.29, 1.82) is 0 Å². The molecule has 3 heterocycles. The first-order chi connectivity index (χ1) is 20.5. The molecular formula is C25H41N3O16. The Bertz CT molecular complexity index is 1040. The highest BCUT2D eigenvalue weighted by atomic mass is 16.7. The molecule has 10 N–H and O–H groups in total. The number of carboxylic acid groups (broad SMARTS) is 1. The number of ether oxygens (including phenoxy) is 6. The van der Waals surface area contributed by atoms with Crippen LogP contribution in [0.25, 0.3) is 0 Å². The van der Waals surface area contributed by atoms with Crippen molar-refractivity contribution in [3.05, 3.63) is 0 Å². The van der Waals surface area contributed by atoms with E-state index in [1.165, 1.54) is 13.8 Å². The van der Waals surface area contributed by atoms with Gasteiger partial charge >= 0.3 is 11.9 Å². The summed E-state index contributed by atoms with van der Waals surface area (Å²) in [5.41, 5.74) is 6.37. The standard InChI is InChI=1S/C25H41N3O16/c1-8(30)15(27-7-29)20-14(26)13(5-25(38,44-20)24(36)37)42-22-16(28-10(3)31)21(19(9(2)40-22)41-11(4)32)43-23-18(35)17(34)12(33)6-39-23/h7-9,12-23,30,33-35,38H,5-6,26H2,1-4H3,(H,27,29)(H,28,31)(H,36,37)/t8-,9+,12+,13+,14+,15+,16+,17-,18+,19-,20-,21+,22-,23-,25?/m0/s1. The molecule has 2 amide bonds. The van der Waals surface area contributed by atoms with Crippen molar-refractivity contribution in [2.45, 2.75) is 126 Å². The summed E-state index contributed by atoms with van der Waals surface area (Å²) in [6, 6.07) is -4.00. The molecule has 19 nitrogen and oxygen atoms in total. The quantitative estimate of drug-likeness (QED) is 0.0753. The van der Waals surface area contributed by atoms with Gasteiger partial charge in [0.2, 0.25) is 12.3 Å². The lowest BCUT2D eigenvalue weighted by Crippen LogP contribution is -2.71. The van der Waals surface area contributed by atoms with Gasteiger partial charge in [-0.05, 0) is 13.8 Å². The molecule has 252 valence electrons. The number of carbonyl (C=O) groups excluding carboxylic acids is 3. The highest BCUT2D eigenvalue weighted by Crippen LogP contribution is 2.35. The molecule has 3 rings (SSSR count). The normalized spacial score (nSPS) is 42.4. The van der Waals surface area contributed by atoms with Crippen LogP contribution in [0, 0.1) is 0 Å². The summed E-state index contributed by atoms with van der Waals surface area (Å²) in [6.07, 6.45) is -16.6. The Kier molecular flexibility index (Phi) is 12.0. The van der Waals surface area contributed by atoms with Crippen LogP contribution in [0.3, 0.4) is 0 Å². The monoisotopic (exact) mass is 639 g/mol. The first kappa shape index (κ1) is 35.9. The molecule has 44 heavy (non-hydrogen) atoms. The summed E-state index contributed by atoms with van der Waals surface area (Å²) >= 11 is 0. The van der Waals surface area contributed by atoms with Gasteiger partial charge in [0.05, 0.1) is 37.0 Å². The molecule has 3 saturated heterocycles. The lowest BCUT2D eigenvalue weighted by atomic mass is 9.88. The number of nitrogens with two attached hydrogens (primary N) is 1. The van der Waals surface area contributed by atoms with E-state index in [0.29, 0.717) is 0 Å². The topological polar surface area (TPSA) is 295 Å². The van der Waals surface area contributed by atoms with Gasteiger partial charge in [-0.25, -0.2) is 4.79 Å². The van der Waals surface area contributed by atoms with Crippen molar-refractivity contribution in [2.75, 3.05) is 6.61 Å². The summed E-state index contributed by atoms with van der Waals surface area (Å²) in [5.74, 6) is -6.15. The van der Waals surface area contributed by atoms with E-state index in [9.17, 15) is 49.8 Å². The molecule has 0 radical (unpaired) electrons. The van der Waals surface area contributed by atoms with E-state index in [-0.39, 0.29) is 6.41 Å². The molecule has 19 heteroatoms. The second-order valence-corrected chi connectivity index (χ2v) is 11.0. The van der Waals surface area contributed by atoms with E-state index in [1.807, 2.05) is 0 Å². The second kappa shape index (κ2) is 14.7. The van der Waals surface area contributed by atoms with E-state index < -0.39 is 122 Å². The third-order valence-electron chi connectivity index (χ3n) is 7.59. The van der Waals surface area contributed by atoms with Gasteiger partial charge in [0, 0.05) is 20.3 Å². The van der Waals surface area contributed by atoms with Crippen LogP contribution in [0.4, 0.5) is 0 Å². The van der Waals surface area contributed by atoms with Gasteiger partial charge in [-0.15, -0.1) is 0 Å². The second-order valence-electron chi connectivity index (χ2n) is 11.0. The third-order valence-corrected chi connectivity index (χ3v) is 7.59. The number of carboxylic acids is 1. The molecule has 0 aromatic heterocycles. The van der Waals surface area contributed by atoms with Crippen molar-refractivity contribution in [2.24, 2.45) is 5.73 Å². The molecule has 0 spiro atoms. The number of amides is 2. The van der Waals surface area contributed by atoms with Crippen molar-refractivity contribution < 1.29 is 78.2 Å². The number of hydrogen-bond donors (Lipinski definition) is 9. The summed E-state index contributed by atoms with van der Waals surface area (Å²) in [4.78, 5) is 47.6. The predicted molar refractivity (Wildman–Crippen MR) is 140 cm³/mol. The number of aliphatic hydroxyl groups excluding tert-OH is 4. The fourth-order valence-electron chi connectivity index (χ4n) is 5.39. The molecule has 3 aliphatic heterocycles. The van der Waals surface area contributed by atoms with Crippen LogP contribution in [-0.4, -0.2) is 153 Å². The number of nitrogens with one attached hydrogen (secondary N) is 2. The zero-order chi connectivity index (χ0) is 33.1. The summed E-state index contributed by atoms with van der Waals surface area (Å²) in [6.45, 7) is 4.53. The molecule has 3 aliphatic rings.